The van der Waals surface area contributed by atoms with E-state index in [1.54, 1.807) is 17.7 Å². The molecule has 1 aliphatic heterocycles. The number of hydrogen-bond acceptors (Lipinski definition) is 4. The maximum atomic E-state index is 13.1. The first-order valence-electron chi connectivity index (χ1n) is 10.2. The highest BCUT2D eigenvalue weighted by atomic mass is 32.2. The number of carbonyl (C=O) groups excluding carboxylic acids is 1. The smallest absolute Gasteiger partial charge is 0.257 e. The average molecular weight is 440 g/mol. The molecule has 3 aromatic rings. The summed E-state index contributed by atoms with van der Waals surface area (Å²) in [4.78, 5) is 25.9. The number of benzene rings is 2. The molecule has 0 atom stereocenters. The Balaban J connectivity index is 1.68. The first-order valence-corrected chi connectivity index (χ1v) is 11.7. The second kappa shape index (κ2) is 8.28. The van der Waals surface area contributed by atoms with Crippen molar-refractivity contribution in [2.45, 2.75) is 31.2 Å². The van der Waals surface area contributed by atoms with Crippen LogP contribution in [0.1, 0.15) is 34.3 Å². The molecule has 31 heavy (non-hydrogen) atoms. The van der Waals surface area contributed by atoms with Crippen LogP contribution in [0.3, 0.4) is 0 Å². The van der Waals surface area contributed by atoms with Gasteiger partial charge in [-0.15, -0.1) is 0 Å². The lowest BCUT2D eigenvalue weighted by Gasteiger charge is -2.16. The minimum Gasteiger partial charge on any atom is -0.350 e. The molecule has 0 bridgehead atoms. The van der Waals surface area contributed by atoms with Crippen molar-refractivity contribution < 1.29 is 13.2 Å². The molecule has 0 aliphatic carbocycles. The first kappa shape index (κ1) is 21.3. The molecular formula is C23H25N3O4S. The van der Waals surface area contributed by atoms with Gasteiger partial charge >= 0.3 is 0 Å². The molecule has 1 fully saturated rings. The molecule has 1 N–H and O–H groups in total. The molecule has 4 rings (SSSR count). The predicted molar refractivity (Wildman–Crippen MR) is 120 cm³/mol. The van der Waals surface area contributed by atoms with Gasteiger partial charge in [0, 0.05) is 38.3 Å². The van der Waals surface area contributed by atoms with Crippen molar-refractivity contribution in [3.63, 3.8) is 0 Å². The molecule has 8 heteroatoms. The van der Waals surface area contributed by atoms with E-state index in [9.17, 15) is 18.0 Å². The topological polar surface area (TPSA) is 88.5 Å². The second-order valence-electron chi connectivity index (χ2n) is 7.94. The number of nitrogens with zero attached hydrogens (tertiary/aromatic N) is 2. The zero-order chi connectivity index (χ0) is 22.2. The number of rotatable bonds is 5. The largest absolute Gasteiger partial charge is 0.350 e. The summed E-state index contributed by atoms with van der Waals surface area (Å²) in [5.74, 6) is -0.490. The third-order valence-electron chi connectivity index (χ3n) is 5.68. The van der Waals surface area contributed by atoms with E-state index in [0.717, 1.165) is 24.0 Å². The Morgan fingerprint density at radius 3 is 2.42 bits per heavy atom. The van der Waals surface area contributed by atoms with Crippen LogP contribution in [-0.2, 0) is 23.6 Å². The van der Waals surface area contributed by atoms with Crippen LogP contribution in [0.15, 0.2) is 58.4 Å². The van der Waals surface area contributed by atoms with Crippen molar-refractivity contribution in [2.24, 2.45) is 7.05 Å². The maximum absolute atomic E-state index is 13.1. The molecule has 2 heterocycles. The number of aryl methyl sites for hydroxylation is 2. The standard InChI is InChI=1S/C23H25N3O4S/c1-16-5-7-17(8-6-16)14-24-23(28)20-15-25(2)21-10-9-18(13-19(21)22(20)27)31(29,30)26-11-3-4-12-26/h5-10,13,15H,3-4,11-12,14H2,1-2H3,(H,24,28). The number of aromatic nitrogens is 1. The number of fused-ring (bicyclic) bond motifs is 1. The van der Waals surface area contributed by atoms with E-state index in [1.807, 2.05) is 31.2 Å². The van der Waals surface area contributed by atoms with Gasteiger partial charge in [0.15, 0.2) is 0 Å². The molecule has 1 amide bonds. The number of hydrogen-bond donors (Lipinski definition) is 1. The highest BCUT2D eigenvalue weighted by Gasteiger charge is 2.28. The van der Waals surface area contributed by atoms with E-state index in [4.69, 9.17) is 0 Å². The summed E-state index contributed by atoms with van der Waals surface area (Å²) in [5.41, 5.74) is 2.12. The lowest BCUT2D eigenvalue weighted by molar-refractivity contribution is 0.0949. The van der Waals surface area contributed by atoms with Crippen molar-refractivity contribution >= 4 is 26.8 Å². The van der Waals surface area contributed by atoms with E-state index in [0.29, 0.717) is 25.2 Å². The third kappa shape index (κ3) is 4.13. The Labute approximate surface area is 181 Å². The van der Waals surface area contributed by atoms with Crippen LogP contribution in [0.5, 0.6) is 0 Å². The highest BCUT2D eigenvalue weighted by Crippen LogP contribution is 2.23. The molecule has 7 nitrogen and oxygen atoms in total. The normalized spacial score (nSPS) is 14.8. The number of amides is 1. The van der Waals surface area contributed by atoms with Crippen LogP contribution in [0.4, 0.5) is 0 Å². The number of nitrogens with one attached hydrogen (secondary N) is 1. The van der Waals surface area contributed by atoms with Gasteiger partial charge in [0.1, 0.15) is 5.56 Å². The van der Waals surface area contributed by atoms with Crippen molar-refractivity contribution in [1.29, 1.82) is 0 Å². The van der Waals surface area contributed by atoms with Gasteiger partial charge in [-0.1, -0.05) is 29.8 Å². The Morgan fingerprint density at radius 2 is 1.74 bits per heavy atom. The molecular weight excluding hydrogens is 414 g/mol. The van der Waals surface area contributed by atoms with Gasteiger partial charge in [0.25, 0.3) is 5.91 Å². The molecule has 0 radical (unpaired) electrons. The third-order valence-corrected chi connectivity index (χ3v) is 7.58. The average Bonchev–Trinajstić information content (AvgIpc) is 3.31. The molecule has 0 saturated carbocycles. The molecule has 1 aromatic heterocycles. The number of carbonyl (C=O) groups is 1. The van der Waals surface area contributed by atoms with E-state index < -0.39 is 21.4 Å². The zero-order valence-corrected chi connectivity index (χ0v) is 18.4. The summed E-state index contributed by atoms with van der Waals surface area (Å²) in [6.07, 6.45) is 3.16. The van der Waals surface area contributed by atoms with Crippen LogP contribution in [0, 0.1) is 6.92 Å². The van der Waals surface area contributed by atoms with Gasteiger partial charge in [0.05, 0.1) is 10.4 Å². The molecule has 1 saturated heterocycles. The lowest BCUT2D eigenvalue weighted by Crippen LogP contribution is -2.30. The van der Waals surface area contributed by atoms with E-state index >= 15 is 0 Å². The van der Waals surface area contributed by atoms with Gasteiger partial charge in [-0.05, 0) is 43.5 Å². The highest BCUT2D eigenvalue weighted by molar-refractivity contribution is 7.89. The fourth-order valence-electron chi connectivity index (χ4n) is 3.85. The van der Waals surface area contributed by atoms with Crippen molar-refractivity contribution in [2.75, 3.05) is 13.1 Å². The quantitative estimate of drug-likeness (QED) is 0.662. The summed E-state index contributed by atoms with van der Waals surface area (Å²) in [5, 5.41) is 2.99. The number of pyridine rings is 1. The van der Waals surface area contributed by atoms with Crippen LogP contribution in [0.25, 0.3) is 10.9 Å². The van der Waals surface area contributed by atoms with Gasteiger partial charge in [-0.3, -0.25) is 9.59 Å². The summed E-state index contributed by atoms with van der Waals surface area (Å²) >= 11 is 0. The molecule has 0 spiro atoms. The van der Waals surface area contributed by atoms with Crippen LogP contribution in [-0.4, -0.2) is 36.3 Å². The van der Waals surface area contributed by atoms with Crippen LogP contribution in [0.2, 0.25) is 0 Å². The van der Waals surface area contributed by atoms with Gasteiger partial charge < -0.3 is 9.88 Å². The van der Waals surface area contributed by atoms with E-state index in [1.165, 1.54) is 22.6 Å². The van der Waals surface area contributed by atoms with Crippen LogP contribution >= 0.6 is 0 Å². The minimum absolute atomic E-state index is 0.0159. The van der Waals surface area contributed by atoms with Gasteiger partial charge in [0.2, 0.25) is 15.5 Å². The Kier molecular flexibility index (Phi) is 5.68. The molecule has 0 unspecified atom stereocenters. The fraction of sp³-hybridized carbons (Fsp3) is 0.304. The van der Waals surface area contributed by atoms with E-state index in [2.05, 4.69) is 5.32 Å². The van der Waals surface area contributed by atoms with Crippen molar-refractivity contribution in [3.05, 3.63) is 75.6 Å². The first-order chi connectivity index (χ1) is 14.8. The summed E-state index contributed by atoms with van der Waals surface area (Å²) in [6.45, 7) is 3.25. The zero-order valence-electron chi connectivity index (χ0n) is 17.6. The fourth-order valence-corrected chi connectivity index (χ4v) is 5.40. The van der Waals surface area contributed by atoms with E-state index in [-0.39, 0.29) is 15.8 Å². The Morgan fingerprint density at radius 1 is 1.06 bits per heavy atom. The van der Waals surface area contributed by atoms with Crippen LogP contribution < -0.4 is 10.7 Å². The Bertz CT molecular complexity index is 1310. The van der Waals surface area contributed by atoms with Crippen molar-refractivity contribution in [1.82, 2.24) is 14.2 Å². The second-order valence-corrected chi connectivity index (χ2v) is 9.88. The SMILES string of the molecule is Cc1ccc(CNC(=O)c2cn(C)c3ccc(S(=O)(=O)N4CCCC4)cc3c2=O)cc1. The van der Waals surface area contributed by atoms with Gasteiger partial charge in [-0.2, -0.15) is 4.31 Å². The lowest BCUT2D eigenvalue weighted by atomic mass is 10.1. The van der Waals surface area contributed by atoms with Gasteiger partial charge in [-0.25, -0.2) is 8.42 Å². The van der Waals surface area contributed by atoms with Crippen molar-refractivity contribution in [3.8, 4) is 0 Å². The maximum Gasteiger partial charge on any atom is 0.257 e. The monoisotopic (exact) mass is 439 g/mol. The number of sulfonamides is 1. The Hall–Kier alpha value is -2.97. The molecule has 162 valence electrons. The summed E-state index contributed by atoms with van der Waals surface area (Å²) < 4.78 is 28.9. The minimum atomic E-state index is -3.66. The summed E-state index contributed by atoms with van der Waals surface area (Å²) in [6, 6.07) is 12.3. The predicted octanol–water partition coefficient (Wildman–Crippen LogP) is 2.56. The molecule has 2 aromatic carbocycles. The summed E-state index contributed by atoms with van der Waals surface area (Å²) in [7, 11) is -1.93. The molecule has 1 aliphatic rings.